The summed E-state index contributed by atoms with van der Waals surface area (Å²) in [5, 5.41) is 16.4. The third-order valence-electron chi connectivity index (χ3n) is 5.46. The fraction of sp³-hybridized carbons (Fsp3) is 0.667. The topological polar surface area (TPSA) is 87.0 Å². The molecule has 27 heavy (non-hydrogen) atoms. The quantitative estimate of drug-likeness (QED) is 0.641. The fourth-order valence-corrected chi connectivity index (χ4v) is 3.63. The van der Waals surface area contributed by atoms with Crippen LogP contribution in [-0.2, 0) is 4.74 Å². The summed E-state index contributed by atoms with van der Waals surface area (Å²) >= 11 is 0. The summed E-state index contributed by atoms with van der Waals surface area (Å²) in [4.78, 5) is 16.2. The number of nitriles is 1. The van der Waals surface area contributed by atoms with Crippen LogP contribution in [0.15, 0.2) is 6.07 Å². The second-order valence-electron chi connectivity index (χ2n) is 7.35. The van der Waals surface area contributed by atoms with E-state index in [0.29, 0.717) is 34.6 Å². The Balaban J connectivity index is 1.88. The minimum Gasteiger partial charge on any atom is -0.465 e. The van der Waals surface area contributed by atoms with Gasteiger partial charge in [0.2, 0.25) is 0 Å². The lowest BCUT2D eigenvalue weighted by atomic mass is 9.94. The highest BCUT2D eigenvalue weighted by molar-refractivity contribution is 5.91. The molecule has 0 aliphatic heterocycles. The van der Waals surface area contributed by atoms with Crippen LogP contribution in [0.4, 0.5) is 5.82 Å². The van der Waals surface area contributed by atoms with E-state index in [1.807, 2.05) is 0 Å². The number of nitrogens with one attached hydrogen (secondary N) is 2. The molecule has 2 rings (SSSR count). The fourth-order valence-electron chi connectivity index (χ4n) is 3.63. The Morgan fingerprint density at radius 1 is 1.41 bits per heavy atom. The molecule has 0 radical (unpaired) electrons. The molecular formula is C21H32N4O2. The highest BCUT2D eigenvalue weighted by Crippen LogP contribution is 2.20. The van der Waals surface area contributed by atoms with E-state index in [4.69, 9.17) is 4.74 Å². The summed E-state index contributed by atoms with van der Waals surface area (Å²) in [7, 11) is 1.33. The zero-order chi connectivity index (χ0) is 19.6. The van der Waals surface area contributed by atoms with Crippen molar-refractivity contribution in [2.45, 2.75) is 64.8 Å². The maximum atomic E-state index is 11.8. The van der Waals surface area contributed by atoms with Gasteiger partial charge >= 0.3 is 5.97 Å². The molecule has 1 saturated carbocycles. The van der Waals surface area contributed by atoms with Gasteiger partial charge in [0.1, 0.15) is 11.9 Å². The van der Waals surface area contributed by atoms with Crippen LogP contribution >= 0.6 is 0 Å². The van der Waals surface area contributed by atoms with Crippen LogP contribution in [0.3, 0.4) is 0 Å². The van der Waals surface area contributed by atoms with Crippen LogP contribution < -0.4 is 10.6 Å². The highest BCUT2D eigenvalue weighted by Gasteiger charge is 2.17. The second-order valence-corrected chi connectivity index (χ2v) is 7.35. The molecule has 6 heteroatoms. The molecule has 0 spiro atoms. The average Bonchev–Trinajstić information content (AvgIpc) is 2.70. The van der Waals surface area contributed by atoms with E-state index in [-0.39, 0.29) is 0 Å². The van der Waals surface area contributed by atoms with Gasteiger partial charge in [-0.3, -0.25) is 0 Å². The molecule has 1 atom stereocenters. The molecule has 1 aromatic heterocycles. The van der Waals surface area contributed by atoms with Gasteiger partial charge in [-0.15, -0.1) is 0 Å². The van der Waals surface area contributed by atoms with E-state index >= 15 is 0 Å². The maximum Gasteiger partial charge on any atom is 0.339 e. The minimum absolute atomic E-state index is 0.336. The van der Waals surface area contributed by atoms with Gasteiger partial charge in [0.25, 0.3) is 0 Å². The minimum atomic E-state index is -0.470. The number of carbonyl (C=O) groups is 1. The Morgan fingerprint density at radius 2 is 2.15 bits per heavy atom. The molecule has 148 valence electrons. The number of anilines is 1. The predicted molar refractivity (Wildman–Crippen MR) is 107 cm³/mol. The van der Waals surface area contributed by atoms with Gasteiger partial charge in [0.15, 0.2) is 0 Å². The number of pyridine rings is 1. The summed E-state index contributed by atoms with van der Waals surface area (Å²) in [6.07, 6.45) is 8.81. The van der Waals surface area contributed by atoms with Crippen molar-refractivity contribution in [1.29, 1.82) is 5.26 Å². The van der Waals surface area contributed by atoms with Crippen LogP contribution in [0.2, 0.25) is 0 Å². The summed E-state index contributed by atoms with van der Waals surface area (Å²) in [5.74, 6) is 0.668. The van der Waals surface area contributed by atoms with Crippen LogP contribution in [0.1, 0.15) is 73.5 Å². The Bertz CT molecular complexity index is 663. The average molecular weight is 373 g/mol. The van der Waals surface area contributed by atoms with E-state index in [2.05, 4.69) is 28.6 Å². The number of hydrogen-bond acceptors (Lipinski definition) is 6. The van der Waals surface area contributed by atoms with Crippen molar-refractivity contribution in [3.05, 3.63) is 22.9 Å². The number of hydrogen-bond donors (Lipinski definition) is 2. The molecule has 1 heterocycles. The molecule has 1 aliphatic carbocycles. The second kappa shape index (κ2) is 10.9. The zero-order valence-corrected chi connectivity index (χ0v) is 16.8. The first-order valence-electron chi connectivity index (χ1n) is 10.1. The number of aromatic nitrogens is 1. The lowest BCUT2D eigenvalue weighted by molar-refractivity contribution is 0.0599. The third kappa shape index (κ3) is 6.21. The predicted octanol–water partition coefficient (Wildman–Crippen LogP) is 3.80. The number of methoxy groups -OCH3 is 1. The van der Waals surface area contributed by atoms with Crippen molar-refractivity contribution in [2.24, 2.45) is 5.92 Å². The van der Waals surface area contributed by atoms with Gasteiger partial charge in [-0.2, -0.15) is 5.26 Å². The molecule has 2 N–H and O–H groups in total. The van der Waals surface area contributed by atoms with Crippen LogP contribution in [0, 0.1) is 24.2 Å². The third-order valence-corrected chi connectivity index (χ3v) is 5.46. The number of esters is 1. The van der Waals surface area contributed by atoms with Crippen molar-refractivity contribution in [1.82, 2.24) is 10.3 Å². The first-order chi connectivity index (χ1) is 13.1. The molecule has 1 fully saturated rings. The van der Waals surface area contributed by atoms with Crippen molar-refractivity contribution in [2.75, 3.05) is 25.5 Å². The standard InChI is InChI=1S/C21H32N4O2/c1-4-16(14-24-18-8-6-5-7-9-18)10-11-23-20-17(13-22)12-19(15(2)25-20)21(26)27-3/h12,16,18,24H,4-11,14H2,1-3H3,(H,23,25). The molecule has 0 amide bonds. The van der Waals surface area contributed by atoms with Gasteiger partial charge < -0.3 is 15.4 Å². The molecule has 1 aromatic rings. The van der Waals surface area contributed by atoms with Crippen LogP contribution in [0.5, 0.6) is 0 Å². The first kappa shape index (κ1) is 21.2. The first-order valence-corrected chi connectivity index (χ1v) is 10.1. The monoisotopic (exact) mass is 372 g/mol. The summed E-state index contributed by atoms with van der Waals surface area (Å²) in [5.41, 5.74) is 1.27. The maximum absolute atomic E-state index is 11.8. The molecule has 1 unspecified atom stereocenters. The highest BCUT2D eigenvalue weighted by atomic mass is 16.5. The SMILES string of the molecule is CCC(CCNc1nc(C)c(C(=O)OC)cc1C#N)CNC1CCCCC1. The van der Waals surface area contributed by atoms with Crippen molar-refractivity contribution in [3.63, 3.8) is 0 Å². The van der Waals surface area contributed by atoms with Crippen LogP contribution in [0.25, 0.3) is 0 Å². The zero-order valence-electron chi connectivity index (χ0n) is 16.8. The van der Waals surface area contributed by atoms with Gasteiger partial charge in [-0.25, -0.2) is 9.78 Å². The molecular weight excluding hydrogens is 340 g/mol. The Morgan fingerprint density at radius 3 is 2.78 bits per heavy atom. The lowest BCUT2D eigenvalue weighted by Gasteiger charge is -2.25. The van der Waals surface area contributed by atoms with Crippen molar-refractivity contribution < 1.29 is 9.53 Å². The van der Waals surface area contributed by atoms with E-state index < -0.39 is 5.97 Å². The van der Waals surface area contributed by atoms with E-state index in [1.54, 1.807) is 13.0 Å². The Hall–Kier alpha value is -2.13. The van der Waals surface area contributed by atoms with Crippen molar-refractivity contribution in [3.8, 4) is 6.07 Å². The van der Waals surface area contributed by atoms with E-state index in [9.17, 15) is 10.1 Å². The van der Waals surface area contributed by atoms with E-state index in [1.165, 1.54) is 39.2 Å². The summed E-state index contributed by atoms with van der Waals surface area (Å²) in [6, 6.07) is 4.35. The summed E-state index contributed by atoms with van der Waals surface area (Å²) in [6.45, 7) is 5.77. The molecule has 1 aliphatic rings. The smallest absolute Gasteiger partial charge is 0.339 e. The van der Waals surface area contributed by atoms with Crippen molar-refractivity contribution >= 4 is 11.8 Å². The number of ether oxygens (including phenoxy) is 1. The number of rotatable bonds is 9. The molecule has 0 aromatic carbocycles. The summed E-state index contributed by atoms with van der Waals surface area (Å²) < 4.78 is 4.74. The molecule has 0 saturated heterocycles. The number of nitrogens with zero attached hydrogens (tertiary/aromatic N) is 2. The Kier molecular flexibility index (Phi) is 8.53. The van der Waals surface area contributed by atoms with Gasteiger partial charge in [-0.1, -0.05) is 32.6 Å². The lowest BCUT2D eigenvalue weighted by Crippen LogP contribution is -2.35. The number of aryl methyl sites for hydroxylation is 1. The van der Waals surface area contributed by atoms with Gasteiger partial charge in [0.05, 0.1) is 23.9 Å². The number of carbonyl (C=O) groups excluding carboxylic acids is 1. The van der Waals surface area contributed by atoms with Gasteiger partial charge in [0, 0.05) is 12.6 Å². The molecule has 0 bridgehead atoms. The largest absolute Gasteiger partial charge is 0.465 e. The molecule has 6 nitrogen and oxygen atoms in total. The van der Waals surface area contributed by atoms with Gasteiger partial charge in [-0.05, 0) is 44.7 Å². The van der Waals surface area contributed by atoms with Crippen LogP contribution in [-0.4, -0.2) is 37.2 Å². The van der Waals surface area contributed by atoms with E-state index in [0.717, 1.165) is 25.9 Å². The normalized spacial score (nSPS) is 15.8. The Labute approximate surface area is 162 Å².